The Kier molecular flexibility index (Phi) is 4.59. The molecular formula is C22H22N2O3. The summed E-state index contributed by atoms with van der Waals surface area (Å²) in [4.78, 5) is 0. The summed E-state index contributed by atoms with van der Waals surface area (Å²) in [5.41, 5.74) is 6.41. The average Bonchev–Trinajstić information content (AvgIpc) is 3.22. The quantitative estimate of drug-likeness (QED) is 0.735. The minimum absolute atomic E-state index is 0.142. The van der Waals surface area contributed by atoms with Gasteiger partial charge in [-0.3, -0.25) is 0 Å². The normalized spacial score (nSPS) is 16.0. The van der Waals surface area contributed by atoms with Crippen molar-refractivity contribution in [2.45, 2.75) is 12.5 Å². The van der Waals surface area contributed by atoms with Crippen molar-refractivity contribution in [1.82, 2.24) is 5.43 Å². The second-order valence-electron chi connectivity index (χ2n) is 6.46. The van der Waals surface area contributed by atoms with Gasteiger partial charge < -0.3 is 19.6 Å². The van der Waals surface area contributed by atoms with Crippen LogP contribution in [0.4, 0.5) is 0 Å². The molecule has 0 spiro atoms. The van der Waals surface area contributed by atoms with E-state index in [0.717, 1.165) is 17.7 Å². The first kappa shape index (κ1) is 17.2. The first-order valence-corrected chi connectivity index (χ1v) is 8.84. The van der Waals surface area contributed by atoms with E-state index < -0.39 is 0 Å². The van der Waals surface area contributed by atoms with Crippen molar-refractivity contribution in [2.75, 3.05) is 21.3 Å². The Labute approximate surface area is 158 Å². The van der Waals surface area contributed by atoms with Gasteiger partial charge in [0.1, 0.15) is 0 Å². The van der Waals surface area contributed by atoms with Gasteiger partial charge in [0.15, 0.2) is 11.5 Å². The van der Waals surface area contributed by atoms with Crippen LogP contribution in [0.1, 0.15) is 23.6 Å². The highest BCUT2D eigenvalue weighted by molar-refractivity contribution is 6.03. The third-order valence-electron chi connectivity index (χ3n) is 4.93. The van der Waals surface area contributed by atoms with Gasteiger partial charge in [-0.05, 0) is 34.5 Å². The van der Waals surface area contributed by atoms with E-state index in [1.165, 1.54) is 16.3 Å². The molecule has 0 radical (unpaired) electrons. The van der Waals surface area contributed by atoms with Crippen LogP contribution in [0.2, 0.25) is 0 Å². The van der Waals surface area contributed by atoms with Crippen molar-refractivity contribution in [2.24, 2.45) is 5.10 Å². The summed E-state index contributed by atoms with van der Waals surface area (Å²) in [5, 5.41) is 7.04. The van der Waals surface area contributed by atoms with E-state index in [1.54, 1.807) is 21.3 Å². The fraction of sp³-hybridized carbons (Fsp3) is 0.227. The van der Waals surface area contributed by atoms with Crippen LogP contribution in [-0.2, 0) is 0 Å². The molecule has 0 bridgehead atoms. The topological polar surface area (TPSA) is 52.1 Å². The van der Waals surface area contributed by atoms with Crippen LogP contribution in [0.15, 0.2) is 59.7 Å². The second kappa shape index (κ2) is 7.19. The molecule has 3 aromatic rings. The number of hydrogen-bond donors (Lipinski definition) is 1. The van der Waals surface area contributed by atoms with Crippen molar-refractivity contribution < 1.29 is 14.2 Å². The summed E-state index contributed by atoms with van der Waals surface area (Å²) in [6, 6.07) is 18.9. The molecule has 0 amide bonds. The van der Waals surface area contributed by atoms with Gasteiger partial charge in [-0.25, -0.2) is 0 Å². The molecule has 27 heavy (non-hydrogen) atoms. The van der Waals surface area contributed by atoms with Gasteiger partial charge in [-0.15, -0.1) is 0 Å². The molecule has 0 fully saturated rings. The molecule has 1 atom stereocenters. The molecule has 0 saturated heterocycles. The highest BCUT2D eigenvalue weighted by Gasteiger charge is 2.24. The Morgan fingerprint density at radius 2 is 1.56 bits per heavy atom. The smallest absolute Gasteiger partial charge is 0.203 e. The first-order valence-electron chi connectivity index (χ1n) is 8.84. The van der Waals surface area contributed by atoms with Gasteiger partial charge in [0.05, 0.1) is 33.1 Å². The maximum atomic E-state index is 5.46. The number of nitrogens with zero attached hydrogens (tertiary/aromatic N) is 1. The average molecular weight is 362 g/mol. The number of fused-ring (bicyclic) bond motifs is 1. The van der Waals surface area contributed by atoms with Gasteiger partial charge in [0.2, 0.25) is 5.75 Å². The third kappa shape index (κ3) is 3.16. The highest BCUT2D eigenvalue weighted by Crippen LogP contribution is 2.39. The van der Waals surface area contributed by atoms with E-state index in [1.807, 2.05) is 12.1 Å². The van der Waals surface area contributed by atoms with E-state index in [9.17, 15) is 0 Å². The number of nitrogens with one attached hydrogen (secondary N) is 1. The van der Waals surface area contributed by atoms with Crippen molar-refractivity contribution in [3.63, 3.8) is 0 Å². The molecule has 1 N–H and O–H groups in total. The Morgan fingerprint density at radius 1 is 0.852 bits per heavy atom. The summed E-state index contributed by atoms with van der Waals surface area (Å²) in [6.45, 7) is 0. The number of methoxy groups -OCH3 is 3. The van der Waals surface area contributed by atoms with Gasteiger partial charge >= 0.3 is 0 Å². The number of benzene rings is 3. The molecule has 5 nitrogen and oxygen atoms in total. The molecule has 0 aromatic heterocycles. The summed E-state index contributed by atoms with van der Waals surface area (Å²) >= 11 is 0. The lowest BCUT2D eigenvalue weighted by Gasteiger charge is -2.14. The molecule has 1 unspecified atom stereocenters. The third-order valence-corrected chi connectivity index (χ3v) is 4.93. The number of hydrogen-bond acceptors (Lipinski definition) is 5. The minimum atomic E-state index is 0.142. The molecule has 3 aromatic carbocycles. The molecule has 1 heterocycles. The van der Waals surface area contributed by atoms with Gasteiger partial charge in [0, 0.05) is 12.0 Å². The van der Waals surface area contributed by atoms with Crippen LogP contribution in [-0.4, -0.2) is 27.0 Å². The maximum absolute atomic E-state index is 5.46. The monoisotopic (exact) mass is 362 g/mol. The zero-order valence-corrected chi connectivity index (χ0v) is 15.7. The van der Waals surface area contributed by atoms with E-state index in [2.05, 4.69) is 53.0 Å². The van der Waals surface area contributed by atoms with E-state index in [0.29, 0.717) is 17.2 Å². The van der Waals surface area contributed by atoms with Gasteiger partial charge in [0.25, 0.3) is 0 Å². The lowest BCUT2D eigenvalue weighted by molar-refractivity contribution is 0.324. The summed E-state index contributed by atoms with van der Waals surface area (Å²) < 4.78 is 16.3. The molecule has 0 aliphatic carbocycles. The van der Waals surface area contributed by atoms with Crippen molar-refractivity contribution in [1.29, 1.82) is 0 Å². The lowest BCUT2D eigenvalue weighted by atomic mass is 9.96. The van der Waals surface area contributed by atoms with Crippen LogP contribution in [0.3, 0.4) is 0 Å². The zero-order chi connectivity index (χ0) is 18.8. The van der Waals surface area contributed by atoms with Crippen molar-refractivity contribution in [3.05, 3.63) is 65.7 Å². The van der Waals surface area contributed by atoms with Gasteiger partial charge in [-0.1, -0.05) is 36.4 Å². The first-order chi connectivity index (χ1) is 13.2. The van der Waals surface area contributed by atoms with Crippen molar-refractivity contribution >= 4 is 16.5 Å². The number of ether oxygens (including phenoxy) is 3. The fourth-order valence-corrected chi connectivity index (χ4v) is 3.49. The summed E-state index contributed by atoms with van der Waals surface area (Å²) in [7, 11) is 4.84. The molecule has 1 aliphatic heterocycles. The second-order valence-corrected chi connectivity index (χ2v) is 6.46. The predicted molar refractivity (Wildman–Crippen MR) is 107 cm³/mol. The molecule has 4 rings (SSSR count). The standard InChI is InChI=1S/C22H22N2O3/c1-25-20-11-17(12-21(26-2)22(20)27-3)19-13-18(23-24-19)16-9-8-14-6-4-5-7-15(14)10-16/h4-12,18,23H,13H2,1-3H3. The van der Waals surface area contributed by atoms with Crippen LogP contribution >= 0.6 is 0 Å². The molecule has 0 saturated carbocycles. The molecule has 5 heteroatoms. The molecular weight excluding hydrogens is 340 g/mol. The van der Waals surface area contributed by atoms with Gasteiger partial charge in [-0.2, -0.15) is 5.10 Å². The zero-order valence-electron chi connectivity index (χ0n) is 15.7. The minimum Gasteiger partial charge on any atom is -0.493 e. The number of rotatable bonds is 5. The largest absolute Gasteiger partial charge is 0.493 e. The van der Waals surface area contributed by atoms with E-state index in [4.69, 9.17) is 14.2 Å². The highest BCUT2D eigenvalue weighted by atomic mass is 16.5. The predicted octanol–water partition coefficient (Wildman–Crippen LogP) is 4.30. The van der Waals surface area contributed by atoms with Crippen LogP contribution in [0.25, 0.3) is 10.8 Å². The Morgan fingerprint density at radius 3 is 2.22 bits per heavy atom. The number of hydrazone groups is 1. The van der Waals surface area contributed by atoms with Crippen LogP contribution in [0, 0.1) is 0 Å². The van der Waals surface area contributed by atoms with Crippen LogP contribution in [0.5, 0.6) is 17.2 Å². The molecule has 138 valence electrons. The maximum Gasteiger partial charge on any atom is 0.203 e. The van der Waals surface area contributed by atoms with E-state index in [-0.39, 0.29) is 6.04 Å². The summed E-state index contributed by atoms with van der Waals surface area (Å²) in [5.74, 6) is 1.84. The Hall–Kier alpha value is -3.21. The fourth-order valence-electron chi connectivity index (χ4n) is 3.49. The Bertz CT molecular complexity index is 988. The molecule has 1 aliphatic rings. The lowest BCUT2D eigenvalue weighted by Crippen LogP contribution is -2.09. The van der Waals surface area contributed by atoms with Crippen LogP contribution < -0.4 is 19.6 Å². The van der Waals surface area contributed by atoms with E-state index >= 15 is 0 Å². The Balaban J connectivity index is 1.62. The SMILES string of the molecule is COc1cc(C2=NNC(c3ccc4ccccc4c3)C2)cc(OC)c1OC. The van der Waals surface area contributed by atoms with Crippen molar-refractivity contribution in [3.8, 4) is 17.2 Å². The summed E-state index contributed by atoms with van der Waals surface area (Å²) in [6.07, 6.45) is 0.789.